The lowest BCUT2D eigenvalue weighted by Crippen LogP contribution is -2.21. The molecule has 0 unspecified atom stereocenters. The van der Waals surface area contributed by atoms with Crippen LogP contribution in [0.25, 0.3) is 0 Å². The molecule has 6 heteroatoms. The first-order valence-electron chi connectivity index (χ1n) is 9.08. The normalized spacial score (nSPS) is 10.5. The van der Waals surface area contributed by atoms with Crippen molar-refractivity contribution in [1.29, 1.82) is 0 Å². The molecule has 3 aromatic rings. The van der Waals surface area contributed by atoms with Gasteiger partial charge in [0.25, 0.3) is 0 Å². The molecule has 0 fully saturated rings. The third-order valence-corrected chi connectivity index (χ3v) is 4.38. The summed E-state index contributed by atoms with van der Waals surface area (Å²) in [6.45, 7) is 8.28. The number of aryl methyl sites for hydroxylation is 1. The zero-order valence-electron chi connectivity index (χ0n) is 15.8. The summed E-state index contributed by atoms with van der Waals surface area (Å²) in [5.74, 6) is 0.651. The smallest absolute Gasteiger partial charge is 0.229 e. The lowest BCUT2D eigenvalue weighted by molar-refractivity contribution is 0.632. The van der Waals surface area contributed by atoms with Crippen LogP contribution in [0, 0.1) is 12.7 Å². The fourth-order valence-corrected chi connectivity index (χ4v) is 2.88. The second-order valence-corrected chi connectivity index (χ2v) is 6.17. The lowest BCUT2D eigenvalue weighted by atomic mass is 10.1. The standard InChI is InChI=1S/C21H24FN5/c1-4-27(5-2)16-10-11-18(15(3)14-16)25-21-23-13-12-20(26-21)24-19-9-7-6-8-17(19)22/h6-14H,4-5H2,1-3H3,(H2,23,24,25,26). The Morgan fingerprint density at radius 3 is 2.44 bits per heavy atom. The summed E-state index contributed by atoms with van der Waals surface area (Å²) in [4.78, 5) is 11.0. The molecule has 1 aromatic heterocycles. The Kier molecular flexibility index (Phi) is 5.86. The van der Waals surface area contributed by atoms with Crippen molar-refractivity contribution in [3.8, 4) is 0 Å². The summed E-state index contributed by atoms with van der Waals surface area (Å²) in [5, 5.41) is 6.22. The molecule has 0 radical (unpaired) electrons. The number of benzene rings is 2. The molecule has 0 atom stereocenters. The quantitative estimate of drug-likeness (QED) is 0.598. The zero-order chi connectivity index (χ0) is 19.2. The van der Waals surface area contributed by atoms with Crippen LogP contribution in [0.15, 0.2) is 54.7 Å². The summed E-state index contributed by atoms with van der Waals surface area (Å²) >= 11 is 0. The fourth-order valence-electron chi connectivity index (χ4n) is 2.88. The number of anilines is 5. The van der Waals surface area contributed by atoms with Crippen molar-refractivity contribution in [2.75, 3.05) is 28.6 Å². The van der Waals surface area contributed by atoms with Crippen LogP contribution < -0.4 is 15.5 Å². The molecule has 0 amide bonds. The van der Waals surface area contributed by atoms with E-state index in [0.29, 0.717) is 17.5 Å². The van der Waals surface area contributed by atoms with Crippen LogP contribution in [0.3, 0.4) is 0 Å². The molecule has 0 spiro atoms. The molecule has 0 saturated heterocycles. The van der Waals surface area contributed by atoms with Crippen LogP contribution in [-0.2, 0) is 0 Å². The highest BCUT2D eigenvalue weighted by molar-refractivity contribution is 5.65. The maximum absolute atomic E-state index is 13.8. The summed E-state index contributed by atoms with van der Waals surface area (Å²) in [6, 6.07) is 14.5. The maximum atomic E-state index is 13.8. The molecule has 2 aromatic carbocycles. The van der Waals surface area contributed by atoms with E-state index in [2.05, 4.69) is 58.4 Å². The van der Waals surface area contributed by atoms with Gasteiger partial charge in [-0.3, -0.25) is 0 Å². The molecule has 1 heterocycles. The summed E-state index contributed by atoms with van der Waals surface area (Å²) < 4.78 is 13.8. The van der Waals surface area contributed by atoms with Gasteiger partial charge in [-0.05, 0) is 62.7 Å². The first-order valence-corrected chi connectivity index (χ1v) is 9.08. The molecule has 2 N–H and O–H groups in total. The van der Waals surface area contributed by atoms with Gasteiger partial charge in [0.15, 0.2) is 0 Å². The van der Waals surface area contributed by atoms with Crippen molar-refractivity contribution in [3.05, 3.63) is 66.1 Å². The molecule has 0 bridgehead atoms. The van der Waals surface area contributed by atoms with Gasteiger partial charge < -0.3 is 15.5 Å². The fraction of sp³-hybridized carbons (Fsp3) is 0.238. The van der Waals surface area contributed by atoms with Crippen molar-refractivity contribution < 1.29 is 4.39 Å². The monoisotopic (exact) mass is 365 g/mol. The van der Waals surface area contributed by atoms with E-state index in [4.69, 9.17) is 0 Å². The highest BCUT2D eigenvalue weighted by Crippen LogP contribution is 2.25. The van der Waals surface area contributed by atoms with Gasteiger partial charge in [0, 0.05) is 30.7 Å². The van der Waals surface area contributed by atoms with Crippen LogP contribution >= 0.6 is 0 Å². The number of hydrogen-bond acceptors (Lipinski definition) is 5. The van der Waals surface area contributed by atoms with Crippen LogP contribution in [0.5, 0.6) is 0 Å². The maximum Gasteiger partial charge on any atom is 0.229 e. The minimum atomic E-state index is -0.326. The lowest BCUT2D eigenvalue weighted by Gasteiger charge is -2.22. The molecule has 5 nitrogen and oxygen atoms in total. The molecular formula is C21H24FN5. The number of nitrogens with one attached hydrogen (secondary N) is 2. The Bertz CT molecular complexity index is 909. The van der Waals surface area contributed by atoms with Gasteiger partial charge in [-0.15, -0.1) is 0 Å². The number of para-hydroxylation sites is 1. The van der Waals surface area contributed by atoms with Crippen molar-refractivity contribution in [1.82, 2.24) is 9.97 Å². The molecule has 3 rings (SSSR count). The Labute approximate surface area is 159 Å². The Hall–Kier alpha value is -3.15. The van der Waals surface area contributed by atoms with Crippen molar-refractivity contribution >= 4 is 28.8 Å². The minimum absolute atomic E-state index is 0.326. The Morgan fingerprint density at radius 1 is 0.963 bits per heavy atom. The van der Waals surface area contributed by atoms with Crippen LogP contribution in [-0.4, -0.2) is 23.1 Å². The average molecular weight is 365 g/mol. The van der Waals surface area contributed by atoms with Gasteiger partial charge in [0.2, 0.25) is 5.95 Å². The molecule has 0 aliphatic carbocycles. The predicted octanol–water partition coefficient (Wildman–Crippen LogP) is 5.26. The van der Waals surface area contributed by atoms with Crippen LogP contribution in [0.2, 0.25) is 0 Å². The zero-order valence-corrected chi connectivity index (χ0v) is 15.8. The minimum Gasteiger partial charge on any atom is -0.372 e. The number of nitrogens with zero attached hydrogens (tertiary/aromatic N) is 3. The van der Waals surface area contributed by atoms with Gasteiger partial charge in [-0.25, -0.2) is 9.37 Å². The predicted molar refractivity (Wildman–Crippen MR) is 110 cm³/mol. The summed E-state index contributed by atoms with van der Waals surface area (Å²) in [5.41, 5.74) is 3.62. The third-order valence-electron chi connectivity index (χ3n) is 4.38. The van der Waals surface area contributed by atoms with Gasteiger partial charge >= 0.3 is 0 Å². The second kappa shape index (κ2) is 8.49. The van der Waals surface area contributed by atoms with E-state index in [1.54, 1.807) is 30.5 Å². The SMILES string of the molecule is CCN(CC)c1ccc(Nc2nccc(Nc3ccccc3F)n2)c(C)c1. The summed E-state index contributed by atoms with van der Waals surface area (Å²) in [7, 11) is 0. The molecule has 140 valence electrons. The largest absolute Gasteiger partial charge is 0.372 e. The van der Waals surface area contributed by atoms with E-state index in [1.165, 1.54) is 11.8 Å². The van der Waals surface area contributed by atoms with Gasteiger partial charge in [-0.2, -0.15) is 4.98 Å². The summed E-state index contributed by atoms with van der Waals surface area (Å²) in [6.07, 6.45) is 1.64. The number of aromatic nitrogens is 2. The van der Waals surface area contributed by atoms with E-state index in [9.17, 15) is 4.39 Å². The highest BCUT2D eigenvalue weighted by atomic mass is 19.1. The third kappa shape index (κ3) is 4.53. The number of hydrogen-bond donors (Lipinski definition) is 2. The Morgan fingerprint density at radius 2 is 1.74 bits per heavy atom. The topological polar surface area (TPSA) is 53.1 Å². The number of halogens is 1. The first-order chi connectivity index (χ1) is 13.1. The van der Waals surface area contributed by atoms with Crippen molar-refractivity contribution in [2.24, 2.45) is 0 Å². The van der Waals surface area contributed by atoms with Crippen molar-refractivity contribution in [2.45, 2.75) is 20.8 Å². The van der Waals surface area contributed by atoms with E-state index in [1.807, 2.05) is 6.07 Å². The van der Waals surface area contributed by atoms with Crippen LogP contribution in [0.4, 0.5) is 33.2 Å². The first kappa shape index (κ1) is 18.6. The second-order valence-electron chi connectivity index (χ2n) is 6.17. The highest BCUT2D eigenvalue weighted by Gasteiger charge is 2.08. The van der Waals surface area contributed by atoms with E-state index < -0.39 is 0 Å². The van der Waals surface area contributed by atoms with Crippen molar-refractivity contribution in [3.63, 3.8) is 0 Å². The number of rotatable bonds is 7. The molecular weight excluding hydrogens is 341 g/mol. The van der Waals surface area contributed by atoms with Gasteiger partial charge in [0.1, 0.15) is 11.6 Å². The van der Waals surface area contributed by atoms with Crippen LogP contribution in [0.1, 0.15) is 19.4 Å². The van der Waals surface area contributed by atoms with E-state index >= 15 is 0 Å². The molecule has 27 heavy (non-hydrogen) atoms. The van der Waals surface area contributed by atoms with E-state index in [-0.39, 0.29) is 5.82 Å². The van der Waals surface area contributed by atoms with Gasteiger partial charge in [0.05, 0.1) is 5.69 Å². The van der Waals surface area contributed by atoms with E-state index in [0.717, 1.165) is 24.3 Å². The molecule has 0 saturated carbocycles. The molecule has 0 aliphatic rings. The average Bonchev–Trinajstić information content (AvgIpc) is 2.67. The Balaban J connectivity index is 1.77. The van der Waals surface area contributed by atoms with Gasteiger partial charge in [-0.1, -0.05) is 12.1 Å². The molecule has 0 aliphatic heterocycles.